The summed E-state index contributed by atoms with van der Waals surface area (Å²) < 4.78 is 47.0. The summed E-state index contributed by atoms with van der Waals surface area (Å²) in [6.07, 6.45) is -3.57. The molecular formula is C28H33F3N4O5. The van der Waals surface area contributed by atoms with E-state index in [1.165, 1.54) is 29.2 Å². The standard InChI is InChI=1S/C28H33F3N4O5/c1-4-19(5-2)39-26(38)33-27(14-15-27)25(37)32-21-17-35(23-9-7-6-8-22(23)34(3)24(21)36)16-18-10-12-20(13-11-18)40-28(29,30)31/h6-13,19,21H,4-5,14-17H2,1-3H3,(H,32,37)(H,33,38)/t21-/m1/s1. The molecule has 2 aromatic rings. The van der Waals surface area contributed by atoms with Crippen molar-refractivity contribution in [2.24, 2.45) is 0 Å². The van der Waals surface area contributed by atoms with Crippen LogP contribution in [0, 0.1) is 0 Å². The lowest BCUT2D eigenvalue weighted by Crippen LogP contribution is -2.57. The first-order valence-corrected chi connectivity index (χ1v) is 13.2. The van der Waals surface area contributed by atoms with E-state index in [1.807, 2.05) is 30.9 Å². The molecule has 0 aromatic heterocycles. The molecule has 0 radical (unpaired) electrons. The number of alkyl halides is 3. The van der Waals surface area contributed by atoms with Crippen molar-refractivity contribution in [3.8, 4) is 5.75 Å². The predicted octanol–water partition coefficient (Wildman–Crippen LogP) is 4.50. The average Bonchev–Trinajstić information content (AvgIpc) is 3.71. The van der Waals surface area contributed by atoms with Crippen LogP contribution in [0.15, 0.2) is 48.5 Å². The fourth-order valence-electron chi connectivity index (χ4n) is 4.70. The second-order valence-electron chi connectivity index (χ2n) is 10.0. The number of halogens is 3. The normalized spacial score (nSPS) is 18.1. The molecule has 1 fully saturated rings. The molecule has 1 aliphatic carbocycles. The number of ether oxygens (including phenoxy) is 2. The molecule has 40 heavy (non-hydrogen) atoms. The number of benzene rings is 2. The lowest BCUT2D eigenvalue weighted by Gasteiger charge is -2.28. The van der Waals surface area contributed by atoms with E-state index in [0.29, 0.717) is 36.9 Å². The highest BCUT2D eigenvalue weighted by Crippen LogP contribution is 2.37. The number of hydrogen-bond acceptors (Lipinski definition) is 6. The summed E-state index contributed by atoms with van der Waals surface area (Å²) in [4.78, 5) is 42.6. The van der Waals surface area contributed by atoms with Crippen molar-refractivity contribution < 1.29 is 37.0 Å². The smallest absolute Gasteiger partial charge is 0.446 e. The van der Waals surface area contributed by atoms with Gasteiger partial charge in [-0.1, -0.05) is 38.1 Å². The number of anilines is 2. The number of alkyl carbamates (subject to hydrolysis) is 1. The number of likely N-dealkylation sites (N-methyl/N-ethyl adjacent to an activating group) is 1. The minimum atomic E-state index is -4.79. The third kappa shape index (κ3) is 6.78. The van der Waals surface area contributed by atoms with Crippen molar-refractivity contribution in [1.29, 1.82) is 0 Å². The van der Waals surface area contributed by atoms with Crippen LogP contribution in [0.25, 0.3) is 0 Å². The van der Waals surface area contributed by atoms with Crippen LogP contribution in [-0.2, 0) is 20.9 Å². The Balaban J connectivity index is 1.51. The Labute approximate surface area is 230 Å². The number of carbonyl (C=O) groups is 3. The third-order valence-electron chi connectivity index (χ3n) is 7.16. The first-order chi connectivity index (χ1) is 18.9. The van der Waals surface area contributed by atoms with Crippen molar-refractivity contribution in [2.75, 3.05) is 23.4 Å². The van der Waals surface area contributed by atoms with E-state index >= 15 is 0 Å². The number of amides is 3. The van der Waals surface area contributed by atoms with Crippen molar-refractivity contribution in [1.82, 2.24) is 10.6 Å². The minimum absolute atomic E-state index is 0.0982. The Morgan fingerprint density at radius 1 is 1.05 bits per heavy atom. The molecule has 216 valence electrons. The number of nitrogens with one attached hydrogen (secondary N) is 2. The Morgan fingerprint density at radius 2 is 1.68 bits per heavy atom. The number of carbonyl (C=O) groups excluding carboxylic acids is 3. The van der Waals surface area contributed by atoms with E-state index < -0.39 is 29.9 Å². The molecule has 2 aliphatic rings. The zero-order valence-electron chi connectivity index (χ0n) is 22.6. The van der Waals surface area contributed by atoms with Crippen LogP contribution in [0.5, 0.6) is 5.75 Å². The molecule has 12 heteroatoms. The highest BCUT2D eigenvalue weighted by molar-refractivity contribution is 6.04. The molecule has 0 spiro atoms. The van der Waals surface area contributed by atoms with Crippen LogP contribution in [0.3, 0.4) is 0 Å². The third-order valence-corrected chi connectivity index (χ3v) is 7.16. The van der Waals surface area contributed by atoms with Crippen LogP contribution >= 0.6 is 0 Å². The van der Waals surface area contributed by atoms with Gasteiger partial charge in [0.25, 0.3) is 5.91 Å². The summed E-state index contributed by atoms with van der Waals surface area (Å²) in [6, 6.07) is 11.8. The Bertz CT molecular complexity index is 1230. The zero-order valence-corrected chi connectivity index (χ0v) is 22.6. The van der Waals surface area contributed by atoms with Gasteiger partial charge in [-0.3, -0.25) is 9.59 Å². The van der Waals surface area contributed by atoms with Crippen LogP contribution in [0.4, 0.5) is 29.3 Å². The van der Waals surface area contributed by atoms with Crippen LogP contribution < -0.4 is 25.2 Å². The Hall–Kier alpha value is -3.96. The van der Waals surface area contributed by atoms with Gasteiger partial charge in [-0.15, -0.1) is 13.2 Å². The summed E-state index contributed by atoms with van der Waals surface area (Å²) in [5, 5.41) is 5.51. The Kier molecular flexibility index (Phi) is 8.45. The van der Waals surface area contributed by atoms with Gasteiger partial charge in [0.15, 0.2) is 0 Å². The molecule has 1 atom stereocenters. The topological polar surface area (TPSA) is 100 Å². The van der Waals surface area contributed by atoms with E-state index in [9.17, 15) is 27.6 Å². The van der Waals surface area contributed by atoms with E-state index in [2.05, 4.69) is 15.4 Å². The fourth-order valence-corrected chi connectivity index (χ4v) is 4.70. The van der Waals surface area contributed by atoms with Crippen LogP contribution in [-0.4, -0.2) is 55.5 Å². The quantitative estimate of drug-likeness (QED) is 0.467. The lowest BCUT2D eigenvalue weighted by atomic mass is 10.1. The highest BCUT2D eigenvalue weighted by Gasteiger charge is 2.53. The van der Waals surface area contributed by atoms with Gasteiger partial charge in [-0.2, -0.15) is 0 Å². The van der Waals surface area contributed by atoms with Gasteiger partial charge in [0, 0.05) is 20.1 Å². The highest BCUT2D eigenvalue weighted by atomic mass is 19.4. The van der Waals surface area contributed by atoms with Crippen LogP contribution in [0.2, 0.25) is 0 Å². The van der Waals surface area contributed by atoms with Gasteiger partial charge < -0.3 is 29.9 Å². The molecular weight excluding hydrogens is 529 g/mol. The molecule has 0 saturated heterocycles. The molecule has 1 saturated carbocycles. The summed E-state index contributed by atoms with van der Waals surface area (Å²) in [6.45, 7) is 4.16. The molecule has 0 bridgehead atoms. The predicted molar refractivity (Wildman–Crippen MR) is 142 cm³/mol. The first-order valence-electron chi connectivity index (χ1n) is 13.2. The average molecular weight is 563 g/mol. The monoisotopic (exact) mass is 562 g/mol. The molecule has 2 N–H and O–H groups in total. The molecule has 4 rings (SSSR count). The maximum absolute atomic E-state index is 13.5. The van der Waals surface area contributed by atoms with E-state index in [0.717, 1.165) is 5.69 Å². The van der Waals surface area contributed by atoms with Gasteiger partial charge >= 0.3 is 12.5 Å². The summed E-state index contributed by atoms with van der Waals surface area (Å²) in [5.41, 5.74) is 0.879. The maximum Gasteiger partial charge on any atom is 0.573 e. The van der Waals surface area contributed by atoms with Gasteiger partial charge in [0.1, 0.15) is 23.4 Å². The van der Waals surface area contributed by atoms with Crippen molar-refractivity contribution in [3.05, 3.63) is 54.1 Å². The summed E-state index contributed by atoms with van der Waals surface area (Å²) in [5.74, 6) is -1.15. The van der Waals surface area contributed by atoms with Gasteiger partial charge in [-0.25, -0.2) is 4.79 Å². The number of fused-ring (bicyclic) bond motifs is 1. The molecule has 1 heterocycles. The molecule has 2 aromatic carbocycles. The zero-order chi connectivity index (χ0) is 29.1. The molecule has 0 unspecified atom stereocenters. The lowest BCUT2D eigenvalue weighted by molar-refractivity contribution is -0.274. The number of nitrogens with zero attached hydrogens (tertiary/aromatic N) is 2. The van der Waals surface area contributed by atoms with Crippen molar-refractivity contribution >= 4 is 29.3 Å². The van der Waals surface area contributed by atoms with Crippen molar-refractivity contribution in [3.63, 3.8) is 0 Å². The summed E-state index contributed by atoms with van der Waals surface area (Å²) in [7, 11) is 1.62. The molecule has 9 nitrogen and oxygen atoms in total. The number of rotatable bonds is 9. The fraction of sp³-hybridized carbons (Fsp3) is 0.464. The van der Waals surface area contributed by atoms with Gasteiger partial charge in [0.2, 0.25) is 5.91 Å². The Morgan fingerprint density at radius 3 is 2.25 bits per heavy atom. The van der Waals surface area contributed by atoms with Gasteiger partial charge in [0.05, 0.1) is 11.4 Å². The van der Waals surface area contributed by atoms with E-state index in [-0.39, 0.29) is 30.9 Å². The van der Waals surface area contributed by atoms with Crippen molar-refractivity contribution in [2.45, 2.75) is 70.1 Å². The van der Waals surface area contributed by atoms with E-state index in [1.54, 1.807) is 19.2 Å². The second-order valence-corrected chi connectivity index (χ2v) is 10.0. The number of hydrogen-bond donors (Lipinski definition) is 2. The first kappa shape index (κ1) is 29.0. The number of para-hydroxylation sites is 2. The second kappa shape index (κ2) is 11.6. The minimum Gasteiger partial charge on any atom is -0.446 e. The molecule has 3 amide bonds. The maximum atomic E-state index is 13.5. The SMILES string of the molecule is CCC(CC)OC(=O)NC1(C(=O)N[C@@H]2CN(Cc3ccc(OC(F)(F)F)cc3)c3ccccc3N(C)C2=O)CC1. The van der Waals surface area contributed by atoms with E-state index in [4.69, 9.17) is 4.74 Å². The van der Waals surface area contributed by atoms with Gasteiger partial charge in [-0.05, 0) is 55.5 Å². The van der Waals surface area contributed by atoms with Crippen LogP contribution in [0.1, 0.15) is 45.1 Å². The summed E-state index contributed by atoms with van der Waals surface area (Å²) >= 11 is 0. The molecule has 1 aliphatic heterocycles. The largest absolute Gasteiger partial charge is 0.573 e.